The molecule has 1 aromatic carbocycles. The molecule has 0 saturated carbocycles. The lowest BCUT2D eigenvalue weighted by atomic mass is 9.99. The largest absolute Gasteiger partial charge is 0.358 e. The molecule has 1 aromatic heterocycles. The molecule has 18 heavy (non-hydrogen) atoms. The van der Waals surface area contributed by atoms with Gasteiger partial charge in [0.25, 0.3) is 0 Å². The molecule has 2 heterocycles. The highest BCUT2D eigenvalue weighted by molar-refractivity contribution is 5.88. The predicted molar refractivity (Wildman–Crippen MR) is 77.2 cm³/mol. The molecule has 0 amide bonds. The number of hydrogen-bond acceptors (Lipinski definition) is 1. The van der Waals surface area contributed by atoms with Crippen LogP contribution in [0.1, 0.15) is 35.2 Å². The van der Waals surface area contributed by atoms with Gasteiger partial charge in [0.15, 0.2) is 0 Å². The van der Waals surface area contributed by atoms with Gasteiger partial charge in [-0.05, 0) is 63.3 Å². The molecule has 1 saturated heterocycles. The van der Waals surface area contributed by atoms with Gasteiger partial charge in [0.2, 0.25) is 0 Å². The first-order valence-electron chi connectivity index (χ1n) is 6.97. The average Bonchev–Trinajstić information content (AvgIpc) is 2.95. The first-order valence-corrected chi connectivity index (χ1v) is 6.97. The second kappa shape index (κ2) is 4.43. The third kappa shape index (κ3) is 1.85. The topological polar surface area (TPSA) is 27.8 Å². The van der Waals surface area contributed by atoms with Gasteiger partial charge in [-0.1, -0.05) is 12.1 Å². The lowest BCUT2D eigenvalue weighted by Gasteiger charge is -2.10. The zero-order valence-electron chi connectivity index (χ0n) is 11.6. The van der Waals surface area contributed by atoms with Crippen molar-refractivity contribution in [1.82, 2.24) is 10.3 Å². The molecule has 1 unspecified atom stereocenters. The first kappa shape index (κ1) is 11.8. The summed E-state index contributed by atoms with van der Waals surface area (Å²) in [5.41, 5.74) is 6.94. The molecule has 1 atom stereocenters. The van der Waals surface area contributed by atoms with Crippen molar-refractivity contribution in [3.63, 3.8) is 0 Å². The van der Waals surface area contributed by atoms with Gasteiger partial charge in [-0.25, -0.2) is 0 Å². The van der Waals surface area contributed by atoms with E-state index in [2.05, 4.69) is 43.2 Å². The molecule has 0 bridgehead atoms. The summed E-state index contributed by atoms with van der Waals surface area (Å²) in [7, 11) is 0. The standard InChI is InChI=1S/C16H22N2/c1-10-6-7-14-15(9-13-5-4-8-17-13)12(3)18-16(14)11(10)2/h6-7,13,17-18H,4-5,8-9H2,1-3H3. The van der Waals surface area contributed by atoms with Crippen molar-refractivity contribution < 1.29 is 0 Å². The van der Waals surface area contributed by atoms with Crippen molar-refractivity contribution in [2.45, 2.75) is 46.1 Å². The summed E-state index contributed by atoms with van der Waals surface area (Å²) >= 11 is 0. The van der Waals surface area contributed by atoms with Gasteiger partial charge in [-0.15, -0.1) is 0 Å². The van der Waals surface area contributed by atoms with Crippen LogP contribution in [0.5, 0.6) is 0 Å². The summed E-state index contributed by atoms with van der Waals surface area (Å²) in [4.78, 5) is 3.58. The van der Waals surface area contributed by atoms with E-state index >= 15 is 0 Å². The molecule has 1 aliphatic heterocycles. The van der Waals surface area contributed by atoms with Gasteiger partial charge >= 0.3 is 0 Å². The predicted octanol–water partition coefficient (Wildman–Crippen LogP) is 3.39. The second-order valence-corrected chi connectivity index (χ2v) is 5.66. The van der Waals surface area contributed by atoms with E-state index in [1.165, 1.54) is 52.7 Å². The lowest BCUT2D eigenvalue weighted by Crippen LogP contribution is -2.23. The van der Waals surface area contributed by atoms with Crippen molar-refractivity contribution in [1.29, 1.82) is 0 Å². The van der Waals surface area contributed by atoms with E-state index in [1.54, 1.807) is 0 Å². The van der Waals surface area contributed by atoms with E-state index in [9.17, 15) is 0 Å². The van der Waals surface area contributed by atoms with Crippen LogP contribution in [0, 0.1) is 20.8 Å². The molecule has 1 aliphatic rings. The van der Waals surface area contributed by atoms with Crippen LogP contribution in [0.2, 0.25) is 0 Å². The molecular weight excluding hydrogens is 220 g/mol. The Morgan fingerprint density at radius 2 is 2.06 bits per heavy atom. The maximum absolute atomic E-state index is 3.60. The van der Waals surface area contributed by atoms with Crippen molar-refractivity contribution in [2.24, 2.45) is 0 Å². The van der Waals surface area contributed by atoms with E-state index < -0.39 is 0 Å². The highest BCUT2D eigenvalue weighted by Gasteiger charge is 2.18. The molecule has 1 fully saturated rings. The number of aromatic amines is 1. The van der Waals surface area contributed by atoms with Gasteiger partial charge in [0.05, 0.1) is 0 Å². The molecule has 2 nitrogen and oxygen atoms in total. The van der Waals surface area contributed by atoms with Crippen LogP contribution in [0.4, 0.5) is 0 Å². The van der Waals surface area contributed by atoms with Crippen molar-refractivity contribution in [3.8, 4) is 0 Å². The Hall–Kier alpha value is -1.28. The zero-order valence-corrected chi connectivity index (χ0v) is 11.6. The second-order valence-electron chi connectivity index (χ2n) is 5.66. The molecule has 96 valence electrons. The summed E-state index contributed by atoms with van der Waals surface area (Å²) in [5, 5.41) is 5.02. The number of fused-ring (bicyclic) bond motifs is 1. The smallest absolute Gasteiger partial charge is 0.0491 e. The number of aryl methyl sites for hydroxylation is 3. The zero-order chi connectivity index (χ0) is 12.7. The fourth-order valence-corrected chi connectivity index (χ4v) is 3.13. The Balaban J connectivity index is 2.05. The Kier molecular flexibility index (Phi) is 2.90. The van der Waals surface area contributed by atoms with E-state index in [4.69, 9.17) is 0 Å². The lowest BCUT2D eigenvalue weighted by molar-refractivity contribution is 0.603. The molecule has 3 rings (SSSR count). The number of rotatable bonds is 2. The maximum Gasteiger partial charge on any atom is 0.0491 e. The van der Waals surface area contributed by atoms with E-state index in [0.29, 0.717) is 6.04 Å². The van der Waals surface area contributed by atoms with Crippen LogP contribution in [0.15, 0.2) is 12.1 Å². The normalized spacial score (nSPS) is 19.8. The Morgan fingerprint density at radius 1 is 1.22 bits per heavy atom. The van der Waals surface area contributed by atoms with Crippen LogP contribution in [0.25, 0.3) is 10.9 Å². The molecule has 0 radical (unpaired) electrons. The minimum Gasteiger partial charge on any atom is -0.358 e. The average molecular weight is 242 g/mol. The third-order valence-electron chi connectivity index (χ3n) is 4.44. The number of hydrogen-bond donors (Lipinski definition) is 2. The summed E-state index contributed by atoms with van der Waals surface area (Å²) in [6.07, 6.45) is 3.80. The van der Waals surface area contributed by atoms with E-state index in [1.807, 2.05) is 0 Å². The number of H-pyrrole nitrogens is 1. The number of aromatic nitrogens is 1. The van der Waals surface area contributed by atoms with Crippen LogP contribution in [-0.4, -0.2) is 17.6 Å². The molecule has 0 spiro atoms. The van der Waals surface area contributed by atoms with Gasteiger partial charge in [-0.3, -0.25) is 0 Å². The molecule has 2 N–H and O–H groups in total. The molecule has 2 aromatic rings. The minimum atomic E-state index is 0.671. The van der Waals surface area contributed by atoms with Gasteiger partial charge in [0, 0.05) is 22.6 Å². The monoisotopic (exact) mass is 242 g/mol. The van der Waals surface area contributed by atoms with Gasteiger partial charge < -0.3 is 10.3 Å². The summed E-state index contributed by atoms with van der Waals surface area (Å²) in [5.74, 6) is 0. The van der Waals surface area contributed by atoms with Crippen molar-refractivity contribution in [3.05, 3.63) is 34.5 Å². The number of benzene rings is 1. The highest BCUT2D eigenvalue weighted by Crippen LogP contribution is 2.28. The van der Waals surface area contributed by atoms with Crippen molar-refractivity contribution >= 4 is 10.9 Å². The SMILES string of the molecule is Cc1ccc2c(CC3CCCN3)c(C)[nH]c2c1C. The van der Waals surface area contributed by atoms with Crippen LogP contribution in [-0.2, 0) is 6.42 Å². The number of nitrogens with one attached hydrogen (secondary N) is 2. The molecule has 0 aliphatic carbocycles. The molecular formula is C16H22N2. The third-order valence-corrected chi connectivity index (χ3v) is 4.44. The van der Waals surface area contributed by atoms with E-state index in [-0.39, 0.29) is 0 Å². The van der Waals surface area contributed by atoms with E-state index in [0.717, 1.165) is 6.42 Å². The highest BCUT2D eigenvalue weighted by atomic mass is 14.9. The Bertz CT molecular complexity index is 574. The summed E-state index contributed by atoms with van der Waals surface area (Å²) in [6.45, 7) is 7.79. The minimum absolute atomic E-state index is 0.671. The van der Waals surface area contributed by atoms with Crippen molar-refractivity contribution in [2.75, 3.05) is 6.54 Å². The Morgan fingerprint density at radius 3 is 2.78 bits per heavy atom. The quantitative estimate of drug-likeness (QED) is 0.830. The first-order chi connectivity index (χ1) is 8.66. The van der Waals surface area contributed by atoms with Gasteiger partial charge in [-0.2, -0.15) is 0 Å². The van der Waals surface area contributed by atoms with Gasteiger partial charge in [0.1, 0.15) is 0 Å². The Labute approximate surface area is 109 Å². The maximum atomic E-state index is 3.60. The van der Waals surface area contributed by atoms with Crippen LogP contribution >= 0.6 is 0 Å². The summed E-state index contributed by atoms with van der Waals surface area (Å²) in [6, 6.07) is 5.20. The molecule has 2 heteroatoms. The summed E-state index contributed by atoms with van der Waals surface area (Å²) < 4.78 is 0. The fourth-order valence-electron chi connectivity index (χ4n) is 3.13. The fraction of sp³-hybridized carbons (Fsp3) is 0.500. The van der Waals surface area contributed by atoms with Crippen LogP contribution < -0.4 is 5.32 Å². The van der Waals surface area contributed by atoms with Crippen LogP contribution in [0.3, 0.4) is 0 Å².